The van der Waals surface area contributed by atoms with Crippen LogP contribution in [-0.4, -0.2) is 28.9 Å². The molecule has 0 aromatic rings. The maximum Gasteiger partial charge on any atom is 0.107 e. The molecule has 0 aromatic heterocycles. The van der Waals surface area contributed by atoms with Gasteiger partial charge in [0, 0.05) is 11.1 Å². The first kappa shape index (κ1) is 12.5. The van der Waals surface area contributed by atoms with Gasteiger partial charge in [0.15, 0.2) is 0 Å². The molecule has 0 atom stereocenters. The fraction of sp³-hybridized carbons (Fsp3) is 0.833. The summed E-state index contributed by atoms with van der Waals surface area (Å²) in [6, 6.07) is 0. The summed E-state index contributed by atoms with van der Waals surface area (Å²) in [5.41, 5.74) is -0.748. The quantitative estimate of drug-likeness (QED) is 0.655. The van der Waals surface area contributed by atoms with Crippen molar-refractivity contribution in [3.8, 4) is 12.3 Å². The minimum Gasteiger partial charge on any atom is -0.784 e. The summed E-state index contributed by atoms with van der Waals surface area (Å²) >= 11 is 0. The SMILES string of the molecule is C#CCOC1CC(C)(C)N([O-])C(C)(C)C1. The molecular weight excluding hydrogens is 190 g/mol. The Labute approximate surface area is 92.4 Å². The Kier molecular flexibility index (Phi) is 3.44. The van der Waals surface area contributed by atoms with Crippen LogP contribution in [0, 0.1) is 17.6 Å². The molecule has 1 aliphatic rings. The maximum absolute atomic E-state index is 12.0. The fourth-order valence-corrected chi connectivity index (χ4v) is 2.46. The highest BCUT2D eigenvalue weighted by Crippen LogP contribution is 2.38. The summed E-state index contributed by atoms with van der Waals surface area (Å²) in [4.78, 5) is 0. The molecule has 1 rings (SSSR count). The maximum atomic E-state index is 12.0. The summed E-state index contributed by atoms with van der Waals surface area (Å²) in [6.45, 7) is 8.14. The predicted octanol–water partition coefficient (Wildman–Crippen LogP) is 2.16. The van der Waals surface area contributed by atoms with Gasteiger partial charge in [0.25, 0.3) is 0 Å². The van der Waals surface area contributed by atoms with Gasteiger partial charge in [-0.15, -0.1) is 6.42 Å². The van der Waals surface area contributed by atoms with E-state index < -0.39 is 0 Å². The van der Waals surface area contributed by atoms with E-state index in [0.29, 0.717) is 6.61 Å². The zero-order valence-corrected chi connectivity index (χ0v) is 10.0. The molecule has 15 heavy (non-hydrogen) atoms. The van der Waals surface area contributed by atoms with E-state index >= 15 is 0 Å². The van der Waals surface area contributed by atoms with Crippen molar-refractivity contribution >= 4 is 0 Å². The molecule has 86 valence electrons. The van der Waals surface area contributed by atoms with Crippen molar-refractivity contribution in [2.75, 3.05) is 6.61 Å². The number of hydrogen-bond acceptors (Lipinski definition) is 3. The van der Waals surface area contributed by atoms with Gasteiger partial charge in [0.1, 0.15) is 6.61 Å². The Morgan fingerprint density at radius 2 is 1.80 bits per heavy atom. The van der Waals surface area contributed by atoms with Crippen molar-refractivity contribution in [2.45, 2.75) is 57.7 Å². The van der Waals surface area contributed by atoms with E-state index in [1.54, 1.807) is 0 Å². The monoisotopic (exact) mass is 210 g/mol. The number of rotatable bonds is 2. The largest absolute Gasteiger partial charge is 0.784 e. The first-order valence-corrected chi connectivity index (χ1v) is 5.32. The Bertz CT molecular complexity index is 247. The third-order valence-electron chi connectivity index (χ3n) is 2.96. The minimum atomic E-state index is -0.374. The zero-order valence-electron chi connectivity index (χ0n) is 10.0. The second-order valence-electron chi connectivity index (χ2n) is 5.46. The summed E-state index contributed by atoms with van der Waals surface area (Å²) < 4.78 is 5.55. The van der Waals surface area contributed by atoms with Crippen LogP contribution in [0.25, 0.3) is 0 Å². The molecule has 0 spiro atoms. The van der Waals surface area contributed by atoms with E-state index in [1.165, 1.54) is 5.06 Å². The highest BCUT2D eigenvalue weighted by molar-refractivity contribution is 5.01. The molecule has 0 unspecified atom stereocenters. The summed E-state index contributed by atoms with van der Waals surface area (Å²) in [6.07, 6.45) is 6.73. The lowest BCUT2D eigenvalue weighted by Crippen LogP contribution is -2.59. The lowest BCUT2D eigenvalue weighted by molar-refractivity contribution is -0.0733. The third kappa shape index (κ3) is 2.72. The number of piperidine rings is 1. The molecule has 0 saturated carbocycles. The first-order valence-electron chi connectivity index (χ1n) is 5.32. The standard InChI is InChI=1S/C12H20NO2/c1-6-7-15-10-8-11(2,3)13(14)12(4,5)9-10/h1,10H,7-9H2,2-5H3/q-1. The van der Waals surface area contributed by atoms with Crippen LogP contribution in [0.1, 0.15) is 40.5 Å². The molecule has 1 heterocycles. The van der Waals surface area contributed by atoms with Crippen molar-refractivity contribution in [1.29, 1.82) is 0 Å². The highest BCUT2D eigenvalue weighted by Gasteiger charge is 2.40. The van der Waals surface area contributed by atoms with Gasteiger partial charge in [-0.05, 0) is 40.5 Å². The van der Waals surface area contributed by atoms with E-state index in [2.05, 4.69) is 5.92 Å². The van der Waals surface area contributed by atoms with Crippen LogP contribution in [0.5, 0.6) is 0 Å². The van der Waals surface area contributed by atoms with E-state index in [0.717, 1.165) is 12.8 Å². The van der Waals surface area contributed by atoms with Crippen molar-refractivity contribution < 1.29 is 4.74 Å². The normalized spacial score (nSPS) is 26.1. The van der Waals surface area contributed by atoms with Gasteiger partial charge >= 0.3 is 0 Å². The van der Waals surface area contributed by atoms with Crippen LogP contribution in [0.2, 0.25) is 0 Å². The molecular formula is C12H20NO2-. The first-order chi connectivity index (χ1) is 6.79. The van der Waals surface area contributed by atoms with Crippen molar-refractivity contribution in [3.63, 3.8) is 0 Å². The van der Waals surface area contributed by atoms with Crippen molar-refractivity contribution in [2.24, 2.45) is 0 Å². The zero-order chi connectivity index (χ0) is 11.7. The molecule has 0 N–H and O–H groups in total. The van der Waals surface area contributed by atoms with Crippen LogP contribution in [0.3, 0.4) is 0 Å². The van der Waals surface area contributed by atoms with Crippen LogP contribution in [0.15, 0.2) is 0 Å². The van der Waals surface area contributed by atoms with Gasteiger partial charge in [-0.3, -0.25) is 0 Å². The van der Waals surface area contributed by atoms with Crippen LogP contribution in [0.4, 0.5) is 0 Å². The Balaban J connectivity index is 2.71. The Morgan fingerprint density at radius 1 is 1.33 bits per heavy atom. The molecule has 0 bridgehead atoms. The number of ether oxygens (including phenoxy) is 1. The van der Waals surface area contributed by atoms with Gasteiger partial charge in [-0.2, -0.15) is 0 Å². The predicted molar refractivity (Wildman–Crippen MR) is 61.2 cm³/mol. The molecule has 3 nitrogen and oxygen atoms in total. The van der Waals surface area contributed by atoms with Gasteiger partial charge in [-0.1, -0.05) is 5.92 Å². The Morgan fingerprint density at radius 3 is 2.20 bits per heavy atom. The van der Waals surface area contributed by atoms with E-state index in [-0.39, 0.29) is 17.2 Å². The van der Waals surface area contributed by atoms with Crippen LogP contribution < -0.4 is 0 Å². The average molecular weight is 210 g/mol. The molecule has 0 aliphatic carbocycles. The molecule has 0 radical (unpaired) electrons. The van der Waals surface area contributed by atoms with Crippen molar-refractivity contribution in [3.05, 3.63) is 5.21 Å². The van der Waals surface area contributed by atoms with Gasteiger partial charge in [0.05, 0.1) is 6.10 Å². The number of nitrogens with zero attached hydrogens (tertiary/aromatic N) is 1. The topological polar surface area (TPSA) is 35.5 Å². The molecule has 1 aliphatic heterocycles. The highest BCUT2D eigenvalue weighted by atomic mass is 16.5. The lowest BCUT2D eigenvalue weighted by Gasteiger charge is -2.59. The van der Waals surface area contributed by atoms with Gasteiger partial charge in [0.2, 0.25) is 0 Å². The van der Waals surface area contributed by atoms with Crippen LogP contribution >= 0.6 is 0 Å². The summed E-state index contributed by atoms with van der Waals surface area (Å²) in [5, 5.41) is 13.2. The Hall–Kier alpha value is -0.560. The summed E-state index contributed by atoms with van der Waals surface area (Å²) in [7, 11) is 0. The fourth-order valence-electron chi connectivity index (χ4n) is 2.46. The minimum absolute atomic E-state index is 0.0937. The van der Waals surface area contributed by atoms with E-state index in [9.17, 15) is 5.21 Å². The average Bonchev–Trinajstić information content (AvgIpc) is 2.10. The second-order valence-corrected chi connectivity index (χ2v) is 5.46. The molecule has 1 fully saturated rings. The molecule has 0 amide bonds. The summed E-state index contributed by atoms with van der Waals surface area (Å²) in [5.74, 6) is 2.47. The third-order valence-corrected chi connectivity index (χ3v) is 2.96. The van der Waals surface area contributed by atoms with Gasteiger partial charge in [-0.25, -0.2) is 0 Å². The number of hydroxylamine groups is 2. The van der Waals surface area contributed by atoms with E-state index in [4.69, 9.17) is 11.2 Å². The smallest absolute Gasteiger partial charge is 0.107 e. The van der Waals surface area contributed by atoms with Gasteiger partial charge < -0.3 is 15.0 Å². The second kappa shape index (κ2) is 4.13. The van der Waals surface area contributed by atoms with E-state index in [1.807, 2.05) is 27.7 Å². The number of terminal acetylenes is 1. The van der Waals surface area contributed by atoms with Crippen LogP contribution in [-0.2, 0) is 4.74 Å². The van der Waals surface area contributed by atoms with Crippen molar-refractivity contribution in [1.82, 2.24) is 5.06 Å². The lowest BCUT2D eigenvalue weighted by atomic mass is 9.80. The number of hydrogen-bond donors (Lipinski definition) is 0. The molecule has 3 heteroatoms. The molecule has 1 saturated heterocycles. The molecule has 0 aromatic carbocycles.